The van der Waals surface area contributed by atoms with Crippen molar-refractivity contribution in [3.8, 4) is 0 Å². The first-order valence-electron chi connectivity index (χ1n) is 4.53. The van der Waals surface area contributed by atoms with E-state index in [2.05, 4.69) is 27.5 Å². The number of halogens is 5. The summed E-state index contributed by atoms with van der Waals surface area (Å²) in [5.74, 6) is 0. The summed E-state index contributed by atoms with van der Waals surface area (Å²) in [7, 11) is 0. The normalized spacial score (nSPS) is 12.1. The van der Waals surface area contributed by atoms with E-state index in [0.717, 1.165) is 0 Å². The third-order valence-corrected chi connectivity index (χ3v) is 3.59. The lowest BCUT2D eigenvalue weighted by atomic mass is 10.1. The number of H-pyrrole nitrogens is 1. The lowest BCUT2D eigenvalue weighted by Gasteiger charge is -2.08. The van der Waals surface area contributed by atoms with Crippen LogP contribution in [0.4, 0.5) is 13.2 Å². The second-order valence-electron chi connectivity index (χ2n) is 3.49. The first kappa shape index (κ1) is 12.5. The lowest BCUT2D eigenvalue weighted by molar-refractivity contribution is -0.0685. The number of allylic oxidation sites excluding steroid dienone is 1. The molecule has 6 heteroatoms. The monoisotopic (exact) mass is 323 g/mol. The highest BCUT2D eigenvalue weighted by molar-refractivity contribution is 9.10. The Bertz CT molecular complexity index is 601. The Morgan fingerprint density at radius 3 is 2.59 bits per heavy atom. The van der Waals surface area contributed by atoms with Gasteiger partial charge in [0.25, 0.3) is 0 Å². The van der Waals surface area contributed by atoms with Gasteiger partial charge >= 0.3 is 6.18 Å². The number of benzene rings is 1. The third kappa shape index (κ3) is 2.21. The molecule has 2 aromatic rings. The number of rotatable bonds is 1. The number of aromatic amines is 1. The smallest absolute Gasteiger partial charge is 0.361 e. The Morgan fingerprint density at radius 2 is 2.00 bits per heavy atom. The number of aromatic nitrogens is 1. The zero-order chi connectivity index (χ0) is 12.8. The maximum atomic E-state index is 12.6. The van der Waals surface area contributed by atoms with E-state index in [1.54, 1.807) is 12.1 Å². The van der Waals surface area contributed by atoms with Crippen molar-refractivity contribution in [2.24, 2.45) is 0 Å². The number of fused-ring (bicyclic) bond motifs is 1. The summed E-state index contributed by atoms with van der Waals surface area (Å²) in [6.07, 6.45) is -3.16. The summed E-state index contributed by atoms with van der Waals surface area (Å²) in [4.78, 5) is 2.74. The fourth-order valence-electron chi connectivity index (χ4n) is 1.52. The van der Waals surface area contributed by atoms with Crippen LogP contribution in [0.15, 0.2) is 29.4 Å². The SMILES string of the molecule is C=C(c1c[nH]c2cc(Cl)c(Br)cc12)C(F)(F)F. The Hall–Kier alpha value is -0.940. The molecule has 0 bridgehead atoms. The Morgan fingerprint density at radius 1 is 1.35 bits per heavy atom. The molecular formula is C11H6BrClF3N. The Labute approximate surface area is 108 Å². The minimum atomic E-state index is -4.44. The standard InChI is InChI=1S/C11H6BrClF3N/c1-5(11(14,15)16)7-4-17-10-3-9(13)8(12)2-6(7)10/h2-4,17H,1H2. The topological polar surface area (TPSA) is 15.8 Å². The van der Waals surface area contributed by atoms with Crippen molar-refractivity contribution in [1.29, 1.82) is 0 Å². The van der Waals surface area contributed by atoms with Crippen LogP contribution in [0, 0.1) is 0 Å². The van der Waals surface area contributed by atoms with E-state index in [1.807, 2.05) is 0 Å². The van der Waals surface area contributed by atoms with Crippen LogP contribution in [0.25, 0.3) is 16.5 Å². The highest BCUT2D eigenvalue weighted by atomic mass is 79.9. The van der Waals surface area contributed by atoms with Crippen LogP contribution in [0.1, 0.15) is 5.56 Å². The van der Waals surface area contributed by atoms with Crippen molar-refractivity contribution >= 4 is 44.0 Å². The zero-order valence-electron chi connectivity index (χ0n) is 8.33. The quantitative estimate of drug-likeness (QED) is 0.746. The highest BCUT2D eigenvalue weighted by Crippen LogP contribution is 2.38. The second-order valence-corrected chi connectivity index (χ2v) is 4.75. The van der Waals surface area contributed by atoms with Crippen LogP contribution < -0.4 is 0 Å². The van der Waals surface area contributed by atoms with E-state index in [-0.39, 0.29) is 5.56 Å². The summed E-state index contributed by atoms with van der Waals surface area (Å²) >= 11 is 9.03. The summed E-state index contributed by atoms with van der Waals surface area (Å²) in [5.41, 5.74) is -0.304. The minimum Gasteiger partial charge on any atom is -0.361 e. The molecule has 1 N–H and O–H groups in total. The Kier molecular flexibility index (Phi) is 2.99. The lowest BCUT2D eigenvalue weighted by Crippen LogP contribution is -2.08. The molecule has 0 unspecified atom stereocenters. The molecule has 0 fully saturated rings. The summed E-state index contributed by atoms with van der Waals surface area (Å²) < 4.78 is 38.3. The molecule has 0 saturated carbocycles. The molecule has 1 heterocycles. The zero-order valence-corrected chi connectivity index (χ0v) is 10.7. The molecule has 1 aromatic carbocycles. The molecular weight excluding hydrogens is 318 g/mol. The molecule has 0 saturated heterocycles. The van der Waals surface area contributed by atoms with Crippen LogP contribution in [-0.4, -0.2) is 11.2 Å². The average Bonchev–Trinajstić information content (AvgIpc) is 2.59. The van der Waals surface area contributed by atoms with Gasteiger partial charge in [0.05, 0.1) is 10.6 Å². The van der Waals surface area contributed by atoms with Crippen molar-refractivity contribution in [3.63, 3.8) is 0 Å². The van der Waals surface area contributed by atoms with Gasteiger partial charge < -0.3 is 4.98 Å². The molecule has 0 spiro atoms. The predicted octanol–water partition coefficient (Wildman–Crippen LogP) is 5.16. The molecule has 1 aromatic heterocycles. The fraction of sp³-hybridized carbons (Fsp3) is 0.0909. The van der Waals surface area contributed by atoms with Crippen LogP contribution >= 0.6 is 27.5 Å². The Balaban J connectivity index is 2.65. The van der Waals surface area contributed by atoms with Gasteiger partial charge in [-0.3, -0.25) is 0 Å². The van der Waals surface area contributed by atoms with E-state index in [9.17, 15) is 13.2 Å². The van der Waals surface area contributed by atoms with Crippen LogP contribution in [0.5, 0.6) is 0 Å². The van der Waals surface area contributed by atoms with E-state index in [4.69, 9.17) is 11.6 Å². The molecule has 1 nitrogen and oxygen atoms in total. The van der Waals surface area contributed by atoms with Crippen molar-refractivity contribution in [3.05, 3.63) is 40.0 Å². The molecule has 90 valence electrons. The average molecular weight is 325 g/mol. The predicted molar refractivity (Wildman–Crippen MR) is 66.1 cm³/mol. The second kappa shape index (κ2) is 4.07. The van der Waals surface area contributed by atoms with Crippen molar-refractivity contribution < 1.29 is 13.2 Å². The van der Waals surface area contributed by atoms with Gasteiger partial charge in [-0.2, -0.15) is 13.2 Å². The molecule has 0 aliphatic heterocycles. The van der Waals surface area contributed by atoms with E-state index < -0.39 is 11.7 Å². The molecule has 0 aliphatic carbocycles. The van der Waals surface area contributed by atoms with E-state index >= 15 is 0 Å². The number of hydrogen-bond acceptors (Lipinski definition) is 0. The summed E-state index contributed by atoms with van der Waals surface area (Å²) in [6, 6.07) is 3.11. The maximum Gasteiger partial charge on any atom is 0.416 e. The van der Waals surface area contributed by atoms with Crippen LogP contribution in [-0.2, 0) is 0 Å². The molecule has 0 aliphatic rings. The molecule has 2 rings (SSSR count). The van der Waals surface area contributed by atoms with Gasteiger partial charge in [0, 0.05) is 27.1 Å². The molecule has 0 atom stereocenters. The van der Waals surface area contributed by atoms with Gasteiger partial charge in [0.1, 0.15) is 0 Å². The highest BCUT2D eigenvalue weighted by Gasteiger charge is 2.34. The van der Waals surface area contributed by atoms with Gasteiger partial charge in [0.15, 0.2) is 0 Å². The minimum absolute atomic E-state index is 0.0323. The van der Waals surface area contributed by atoms with E-state index in [1.165, 1.54) is 6.20 Å². The summed E-state index contributed by atoms with van der Waals surface area (Å²) in [5, 5.41) is 0.868. The first-order valence-corrected chi connectivity index (χ1v) is 5.70. The van der Waals surface area contributed by atoms with Gasteiger partial charge in [-0.15, -0.1) is 0 Å². The molecule has 17 heavy (non-hydrogen) atoms. The number of hydrogen-bond donors (Lipinski definition) is 1. The fourth-order valence-corrected chi connectivity index (χ4v) is 2.03. The third-order valence-electron chi connectivity index (χ3n) is 2.39. The van der Waals surface area contributed by atoms with Crippen molar-refractivity contribution in [2.45, 2.75) is 6.18 Å². The largest absolute Gasteiger partial charge is 0.416 e. The van der Waals surface area contributed by atoms with Gasteiger partial charge in [-0.05, 0) is 28.1 Å². The maximum absolute atomic E-state index is 12.6. The number of nitrogens with one attached hydrogen (secondary N) is 1. The number of alkyl halides is 3. The van der Waals surface area contributed by atoms with Crippen molar-refractivity contribution in [1.82, 2.24) is 4.98 Å². The van der Waals surface area contributed by atoms with Gasteiger partial charge in [-0.25, -0.2) is 0 Å². The van der Waals surface area contributed by atoms with Crippen molar-refractivity contribution in [2.75, 3.05) is 0 Å². The summed E-state index contributed by atoms with van der Waals surface area (Å²) in [6.45, 7) is 3.08. The first-order chi connectivity index (χ1) is 7.80. The van der Waals surface area contributed by atoms with Gasteiger partial charge in [0.2, 0.25) is 0 Å². The molecule has 0 amide bonds. The van der Waals surface area contributed by atoms with Crippen LogP contribution in [0.3, 0.4) is 0 Å². The molecule has 0 radical (unpaired) electrons. The van der Waals surface area contributed by atoms with E-state index in [0.29, 0.717) is 20.4 Å². The van der Waals surface area contributed by atoms with Crippen LogP contribution in [0.2, 0.25) is 5.02 Å². The van der Waals surface area contributed by atoms with Gasteiger partial charge in [-0.1, -0.05) is 18.2 Å².